The average molecular weight is 361 g/mol. The van der Waals surface area contributed by atoms with Crippen LogP contribution in [-0.4, -0.2) is 43.0 Å². The molecule has 1 aliphatic rings. The minimum absolute atomic E-state index is 0.0466. The van der Waals surface area contributed by atoms with Crippen LogP contribution < -0.4 is 16.4 Å². The van der Waals surface area contributed by atoms with Crippen LogP contribution in [-0.2, 0) is 4.79 Å². The molecule has 0 aromatic heterocycles. The molecule has 2 rings (SSSR count). The normalized spacial score (nSPS) is 15.7. The minimum Gasteiger partial charge on any atom is -0.369 e. The molecule has 1 aromatic carbocycles. The molecule has 1 aliphatic heterocycles. The molecule has 26 heavy (non-hydrogen) atoms. The molecule has 0 bridgehead atoms. The number of nitrogens with one attached hydrogen (secondary N) is 2. The number of unbranched alkanes of at least 4 members (excludes halogenated alkanes) is 1. The van der Waals surface area contributed by atoms with Gasteiger partial charge in [-0.1, -0.05) is 17.7 Å². The van der Waals surface area contributed by atoms with E-state index in [1.165, 1.54) is 5.56 Å². The molecule has 3 amide bonds. The molecule has 0 saturated carbocycles. The van der Waals surface area contributed by atoms with Crippen LogP contribution in [0.3, 0.4) is 0 Å². The second-order valence-electron chi connectivity index (χ2n) is 7.38. The summed E-state index contributed by atoms with van der Waals surface area (Å²) >= 11 is 0. The van der Waals surface area contributed by atoms with E-state index >= 15 is 0 Å². The number of rotatable bonds is 7. The second kappa shape index (κ2) is 9.57. The number of anilines is 1. The van der Waals surface area contributed by atoms with Crippen molar-refractivity contribution in [3.05, 3.63) is 28.8 Å². The van der Waals surface area contributed by atoms with Gasteiger partial charge in [-0.3, -0.25) is 4.79 Å². The number of urea groups is 1. The molecule has 6 heteroatoms. The van der Waals surface area contributed by atoms with Crippen LogP contribution in [0.15, 0.2) is 12.1 Å². The maximum atomic E-state index is 12.1. The summed E-state index contributed by atoms with van der Waals surface area (Å²) in [4.78, 5) is 25.6. The number of nitrogens with zero attached hydrogens (tertiary/aromatic N) is 1. The van der Waals surface area contributed by atoms with Crippen LogP contribution in [0.4, 0.5) is 10.5 Å². The van der Waals surface area contributed by atoms with Crippen molar-refractivity contribution < 1.29 is 9.59 Å². The van der Waals surface area contributed by atoms with Gasteiger partial charge in [0.15, 0.2) is 0 Å². The van der Waals surface area contributed by atoms with Crippen LogP contribution in [0.2, 0.25) is 0 Å². The minimum atomic E-state index is -0.168. The first kappa shape index (κ1) is 20.2. The number of primary amides is 1. The van der Waals surface area contributed by atoms with Crippen LogP contribution in [0.5, 0.6) is 0 Å². The zero-order chi connectivity index (χ0) is 19.1. The SMILES string of the molecule is Cc1cc(C)c(NC(=O)NCCCCN2CCC(C(N)=O)CC2)c(C)c1. The molecular weight excluding hydrogens is 328 g/mol. The van der Waals surface area contributed by atoms with E-state index in [-0.39, 0.29) is 17.9 Å². The molecule has 0 unspecified atom stereocenters. The fraction of sp³-hybridized carbons (Fsp3) is 0.600. The van der Waals surface area contributed by atoms with Crippen molar-refractivity contribution in [2.45, 2.75) is 46.5 Å². The number of carbonyl (C=O) groups excluding carboxylic acids is 2. The highest BCUT2D eigenvalue weighted by Gasteiger charge is 2.22. The molecule has 1 saturated heterocycles. The number of likely N-dealkylation sites (tertiary alicyclic amines) is 1. The monoisotopic (exact) mass is 360 g/mol. The first-order chi connectivity index (χ1) is 12.4. The molecule has 144 valence electrons. The van der Waals surface area contributed by atoms with E-state index in [4.69, 9.17) is 5.73 Å². The zero-order valence-electron chi connectivity index (χ0n) is 16.2. The second-order valence-corrected chi connectivity index (χ2v) is 7.38. The Kier molecular flexibility index (Phi) is 7.45. The van der Waals surface area contributed by atoms with E-state index < -0.39 is 0 Å². The number of carbonyl (C=O) groups is 2. The van der Waals surface area contributed by atoms with Crippen molar-refractivity contribution in [1.82, 2.24) is 10.2 Å². The summed E-state index contributed by atoms with van der Waals surface area (Å²) in [7, 11) is 0. The average Bonchev–Trinajstić information content (AvgIpc) is 2.58. The van der Waals surface area contributed by atoms with Gasteiger partial charge in [0, 0.05) is 18.2 Å². The first-order valence-corrected chi connectivity index (χ1v) is 9.51. The number of aryl methyl sites for hydroxylation is 3. The number of nitrogens with two attached hydrogens (primary N) is 1. The lowest BCUT2D eigenvalue weighted by Crippen LogP contribution is -2.39. The van der Waals surface area contributed by atoms with Gasteiger partial charge in [0.25, 0.3) is 0 Å². The first-order valence-electron chi connectivity index (χ1n) is 9.51. The summed E-state index contributed by atoms with van der Waals surface area (Å²) in [5, 5.41) is 5.89. The van der Waals surface area contributed by atoms with Crippen molar-refractivity contribution in [3.8, 4) is 0 Å². The number of hydrogen-bond donors (Lipinski definition) is 3. The predicted octanol–water partition coefficient (Wildman–Crippen LogP) is 2.71. The van der Waals surface area contributed by atoms with Crippen molar-refractivity contribution in [1.29, 1.82) is 0 Å². The summed E-state index contributed by atoms with van der Waals surface area (Å²) in [6.07, 6.45) is 3.70. The van der Waals surface area contributed by atoms with Gasteiger partial charge in [-0.05, 0) is 77.2 Å². The van der Waals surface area contributed by atoms with Gasteiger partial charge in [0.05, 0.1) is 0 Å². The molecule has 4 N–H and O–H groups in total. The lowest BCUT2D eigenvalue weighted by molar-refractivity contribution is -0.123. The third-order valence-corrected chi connectivity index (χ3v) is 5.09. The highest BCUT2D eigenvalue weighted by atomic mass is 16.2. The Morgan fingerprint density at radius 1 is 1.12 bits per heavy atom. The van der Waals surface area contributed by atoms with E-state index in [9.17, 15) is 9.59 Å². The molecule has 0 radical (unpaired) electrons. The Morgan fingerprint density at radius 3 is 2.31 bits per heavy atom. The van der Waals surface area contributed by atoms with Gasteiger partial charge in [-0.15, -0.1) is 0 Å². The number of amides is 3. The van der Waals surface area contributed by atoms with E-state index in [0.717, 1.165) is 62.1 Å². The van der Waals surface area contributed by atoms with Crippen molar-refractivity contribution in [2.75, 3.05) is 31.5 Å². The molecule has 0 spiro atoms. The summed E-state index contributed by atoms with van der Waals surface area (Å²) < 4.78 is 0. The number of piperidine rings is 1. The van der Waals surface area contributed by atoms with Gasteiger partial charge in [0.1, 0.15) is 0 Å². The fourth-order valence-corrected chi connectivity index (χ4v) is 3.64. The lowest BCUT2D eigenvalue weighted by atomic mass is 9.96. The summed E-state index contributed by atoms with van der Waals surface area (Å²) in [6, 6.07) is 4.00. The maximum Gasteiger partial charge on any atom is 0.319 e. The van der Waals surface area contributed by atoms with Gasteiger partial charge in [-0.2, -0.15) is 0 Å². The summed E-state index contributed by atoms with van der Waals surface area (Å²) in [5.74, 6) is -0.121. The Bertz CT molecular complexity index is 614. The van der Waals surface area contributed by atoms with Crippen LogP contribution >= 0.6 is 0 Å². The van der Waals surface area contributed by atoms with Gasteiger partial charge < -0.3 is 21.3 Å². The maximum absolute atomic E-state index is 12.1. The Hall–Kier alpha value is -2.08. The number of benzene rings is 1. The highest BCUT2D eigenvalue weighted by Crippen LogP contribution is 2.21. The highest BCUT2D eigenvalue weighted by molar-refractivity contribution is 5.91. The molecular formula is C20H32N4O2. The molecule has 1 heterocycles. The summed E-state index contributed by atoms with van der Waals surface area (Å²) in [5.41, 5.74) is 9.61. The lowest BCUT2D eigenvalue weighted by Gasteiger charge is -2.30. The molecule has 1 aromatic rings. The smallest absolute Gasteiger partial charge is 0.319 e. The third kappa shape index (κ3) is 6.02. The Labute approximate surface area is 156 Å². The molecule has 0 aliphatic carbocycles. The standard InChI is InChI=1S/C20H32N4O2/c1-14-12-15(2)18(16(3)13-14)23-20(26)22-8-4-5-9-24-10-6-17(7-11-24)19(21)25/h12-13,17H,4-11H2,1-3H3,(H2,21,25)(H2,22,23,26). The predicted molar refractivity (Wildman–Crippen MR) is 105 cm³/mol. The number of hydrogen-bond acceptors (Lipinski definition) is 3. The van der Waals surface area contributed by atoms with E-state index in [2.05, 4.69) is 34.6 Å². The Morgan fingerprint density at radius 2 is 1.73 bits per heavy atom. The van der Waals surface area contributed by atoms with Crippen LogP contribution in [0.25, 0.3) is 0 Å². The van der Waals surface area contributed by atoms with E-state index in [1.54, 1.807) is 0 Å². The van der Waals surface area contributed by atoms with Crippen molar-refractivity contribution >= 4 is 17.6 Å². The molecule has 1 fully saturated rings. The molecule has 0 atom stereocenters. The zero-order valence-corrected chi connectivity index (χ0v) is 16.2. The largest absolute Gasteiger partial charge is 0.369 e. The van der Waals surface area contributed by atoms with Crippen LogP contribution in [0.1, 0.15) is 42.4 Å². The van der Waals surface area contributed by atoms with Crippen molar-refractivity contribution in [3.63, 3.8) is 0 Å². The van der Waals surface area contributed by atoms with Gasteiger partial charge in [-0.25, -0.2) is 4.79 Å². The quantitative estimate of drug-likeness (QED) is 0.653. The Balaban J connectivity index is 1.62. The molecule has 6 nitrogen and oxygen atoms in total. The van der Waals surface area contributed by atoms with Gasteiger partial charge >= 0.3 is 6.03 Å². The van der Waals surface area contributed by atoms with Crippen molar-refractivity contribution in [2.24, 2.45) is 11.7 Å². The van der Waals surface area contributed by atoms with E-state index in [0.29, 0.717) is 6.54 Å². The van der Waals surface area contributed by atoms with Crippen LogP contribution in [0, 0.1) is 26.7 Å². The fourth-order valence-electron chi connectivity index (χ4n) is 3.64. The van der Waals surface area contributed by atoms with Gasteiger partial charge in [0.2, 0.25) is 5.91 Å². The summed E-state index contributed by atoms with van der Waals surface area (Å²) in [6.45, 7) is 9.62. The van der Waals surface area contributed by atoms with E-state index in [1.807, 2.05) is 13.8 Å². The third-order valence-electron chi connectivity index (χ3n) is 5.09. The topological polar surface area (TPSA) is 87.5 Å².